The van der Waals surface area contributed by atoms with E-state index in [4.69, 9.17) is 11.5 Å². The van der Waals surface area contributed by atoms with E-state index in [1.807, 2.05) is 18.2 Å². The molecule has 5 nitrogen and oxygen atoms in total. The van der Waals surface area contributed by atoms with Crippen LogP contribution in [0.5, 0.6) is 0 Å². The molecule has 0 saturated heterocycles. The van der Waals surface area contributed by atoms with Crippen molar-refractivity contribution in [2.24, 2.45) is 0 Å². The van der Waals surface area contributed by atoms with E-state index in [1.165, 1.54) is 16.9 Å². The number of hydrogen-bond acceptors (Lipinski definition) is 7. The highest BCUT2D eigenvalue weighted by atomic mass is 32.2. The zero-order chi connectivity index (χ0) is 13.9. The molecular weight excluding hydrogens is 290 g/mol. The summed E-state index contributed by atoms with van der Waals surface area (Å²) in [5.74, 6) is 1.35. The van der Waals surface area contributed by atoms with E-state index in [0.717, 1.165) is 16.9 Å². The van der Waals surface area contributed by atoms with Crippen LogP contribution >= 0.6 is 23.1 Å². The number of fused-ring (bicyclic) bond motifs is 1. The summed E-state index contributed by atoms with van der Waals surface area (Å²) in [4.78, 5) is 12.8. The van der Waals surface area contributed by atoms with E-state index < -0.39 is 0 Å². The molecule has 0 fully saturated rings. The van der Waals surface area contributed by atoms with E-state index in [-0.39, 0.29) is 0 Å². The molecule has 0 atom stereocenters. The summed E-state index contributed by atoms with van der Waals surface area (Å²) in [7, 11) is 0. The van der Waals surface area contributed by atoms with Crippen molar-refractivity contribution in [1.29, 1.82) is 0 Å². The largest absolute Gasteiger partial charge is 0.382 e. The molecule has 0 amide bonds. The minimum Gasteiger partial charge on any atom is -0.382 e. The number of rotatable bonds is 4. The van der Waals surface area contributed by atoms with Gasteiger partial charge in [0.25, 0.3) is 0 Å². The molecule has 0 radical (unpaired) electrons. The third-order valence-corrected chi connectivity index (χ3v) is 4.49. The summed E-state index contributed by atoms with van der Waals surface area (Å²) < 4.78 is 0.759. The Kier molecular flexibility index (Phi) is 3.70. The lowest BCUT2D eigenvalue weighted by atomic mass is 10.2. The predicted octanol–water partition coefficient (Wildman–Crippen LogP) is 2.59. The molecule has 4 N–H and O–H groups in total. The van der Waals surface area contributed by atoms with E-state index in [2.05, 4.69) is 27.1 Å². The highest BCUT2D eigenvalue weighted by Crippen LogP contribution is 2.28. The average Bonchev–Trinajstić information content (AvgIpc) is 2.81. The number of nitrogens with two attached hydrogens (primary N) is 2. The topological polar surface area (TPSA) is 90.7 Å². The molecule has 0 aliphatic heterocycles. The van der Waals surface area contributed by atoms with Crippen LogP contribution in [-0.4, -0.2) is 20.7 Å². The Balaban J connectivity index is 1.71. The van der Waals surface area contributed by atoms with Gasteiger partial charge in [0.2, 0.25) is 0 Å². The highest BCUT2D eigenvalue weighted by Gasteiger charge is 2.10. The lowest BCUT2D eigenvalue weighted by Crippen LogP contribution is -1.97. The summed E-state index contributed by atoms with van der Waals surface area (Å²) in [6, 6.07) is 10.3. The first kappa shape index (κ1) is 13.1. The Hall–Kier alpha value is -1.86. The van der Waals surface area contributed by atoms with Crippen molar-refractivity contribution < 1.29 is 0 Å². The van der Waals surface area contributed by atoms with Crippen molar-refractivity contribution in [3.8, 4) is 0 Å². The fraction of sp³-hybridized carbons (Fsp3) is 0.154. The number of aryl methyl sites for hydroxylation is 1. The van der Waals surface area contributed by atoms with Crippen LogP contribution in [0.2, 0.25) is 0 Å². The number of thiazole rings is 1. The molecule has 0 saturated carbocycles. The number of hydrogen-bond donors (Lipinski definition) is 2. The molecule has 0 spiro atoms. The van der Waals surface area contributed by atoms with Crippen LogP contribution in [0.3, 0.4) is 0 Å². The Morgan fingerprint density at radius 2 is 1.85 bits per heavy atom. The lowest BCUT2D eigenvalue weighted by Gasteiger charge is -2.02. The molecule has 102 valence electrons. The molecule has 0 aliphatic carbocycles. The molecule has 2 aromatic heterocycles. The van der Waals surface area contributed by atoms with Crippen LogP contribution < -0.4 is 11.5 Å². The standard InChI is InChI=1S/C13H13N5S2/c14-10-9-11(17-12(15)20-9)18-13(16-10)19-7-6-8-4-2-1-3-5-8/h1-5H,6-7H2,(H4,14,15,16,17,18). The molecule has 3 rings (SSSR count). The van der Waals surface area contributed by atoms with Gasteiger partial charge < -0.3 is 11.5 Å². The predicted molar refractivity (Wildman–Crippen MR) is 84.9 cm³/mol. The molecule has 20 heavy (non-hydrogen) atoms. The molecule has 1 aromatic carbocycles. The van der Waals surface area contributed by atoms with Crippen molar-refractivity contribution in [1.82, 2.24) is 15.0 Å². The summed E-state index contributed by atoms with van der Waals surface area (Å²) in [6.07, 6.45) is 0.964. The summed E-state index contributed by atoms with van der Waals surface area (Å²) >= 11 is 2.89. The van der Waals surface area contributed by atoms with E-state index >= 15 is 0 Å². The van der Waals surface area contributed by atoms with Gasteiger partial charge in [-0.05, 0) is 12.0 Å². The van der Waals surface area contributed by atoms with Crippen LogP contribution in [0.15, 0.2) is 35.5 Å². The van der Waals surface area contributed by atoms with Gasteiger partial charge in [-0.25, -0.2) is 15.0 Å². The van der Waals surface area contributed by atoms with Crippen molar-refractivity contribution in [2.75, 3.05) is 17.2 Å². The van der Waals surface area contributed by atoms with Gasteiger partial charge in [-0.2, -0.15) is 0 Å². The van der Waals surface area contributed by atoms with E-state index in [1.54, 1.807) is 11.8 Å². The number of benzene rings is 1. The number of aromatic nitrogens is 3. The van der Waals surface area contributed by atoms with Gasteiger partial charge in [0.1, 0.15) is 10.5 Å². The zero-order valence-electron chi connectivity index (χ0n) is 10.6. The quantitative estimate of drug-likeness (QED) is 0.568. The van der Waals surface area contributed by atoms with Gasteiger partial charge in [-0.15, -0.1) is 0 Å². The van der Waals surface area contributed by atoms with Crippen LogP contribution in [0.25, 0.3) is 10.3 Å². The first-order valence-electron chi connectivity index (χ1n) is 6.08. The third kappa shape index (κ3) is 2.83. The third-order valence-electron chi connectivity index (χ3n) is 2.74. The number of nitrogen functional groups attached to an aromatic ring is 2. The Bertz CT molecular complexity index is 726. The highest BCUT2D eigenvalue weighted by molar-refractivity contribution is 7.99. The van der Waals surface area contributed by atoms with Crippen LogP contribution in [0, 0.1) is 0 Å². The second-order valence-electron chi connectivity index (χ2n) is 4.18. The molecule has 7 heteroatoms. The fourth-order valence-corrected chi connectivity index (χ4v) is 3.32. The van der Waals surface area contributed by atoms with Crippen molar-refractivity contribution in [3.63, 3.8) is 0 Å². The molecule has 0 bridgehead atoms. The van der Waals surface area contributed by atoms with Crippen LogP contribution in [0.1, 0.15) is 5.56 Å². The van der Waals surface area contributed by atoms with Gasteiger partial charge in [0.05, 0.1) is 0 Å². The van der Waals surface area contributed by atoms with Gasteiger partial charge in [0, 0.05) is 5.75 Å². The maximum absolute atomic E-state index is 5.90. The maximum Gasteiger partial charge on any atom is 0.191 e. The van der Waals surface area contributed by atoms with Gasteiger partial charge in [0.15, 0.2) is 15.9 Å². The van der Waals surface area contributed by atoms with E-state index in [0.29, 0.717) is 21.8 Å². The zero-order valence-corrected chi connectivity index (χ0v) is 12.2. The van der Waals surface area contributed by atoms with Gasteiger partial charge >= 0.3 is 0 Å². The number of anilines is 2. The second-order valence-corrected chi connectivity index (χ2v) is 6.27. The monoisotopic (exact) mass is 303 g/mol. The minimum absolute atomic E-state index is 0.450. The molecular formula is C13H13N5S2. The maximum atomic E-state index is 5.90. The first-order chi connectivity index (χ1) is 9.72. The number of thioether (sulfide) groups is 1. The van der Waals surface area contributed by atoms with Gasteiger partial charge in [-0.1, -0.05) is 53.4 Å². The molecule has 3 aromatic rings. The van der Waals surface area contributed by atoms with Crippen LogP contribution in [0.4, 0.5) is 10.9 Å². The van der Waals surface area contributed by atoms with Crippen molar-refractivity contribution in [3.05, 3.63) is 35.9 Å². The first-order valence-corrected chi connectivity index (χ1v) is 7.89. The van der Waals surface area contributed by atoms with Crippen LogP contribution in [-0.2, 0) is 6.42 Å². The van der Waals surface area contributed by atoms with E-state index in [9.17, 15) is 0 Å². The normalized spacial score (nSPS) is 11.0. The fourth-order valence-electron chi connectivity index (χ4n) is 1.81. The van der Waals surface area contributed by atoms with Crippen molar-refractivity contribution in [2.45, 2.75) is 11.6 Å². The number of nitrogens with zero attached hydrogens (tertiary/aromatic N) is 3. The molecule has 0 unspecified atom stereocenters. The molecule has 2 heterocycles. The minimum atomic E-state index is 0.450. The average molecular weight is 303 g/mol. The second kappa shape index (κ2) is 5.64. The SMILES string of the molecule is Nc1nc2nc(SCCc3ccccc3)nc(N)c2s1. The summed E-state index contributed by atoms with van der Waals surface area (Å²) in [6.45, 7) is 0. The Morgan fingerprint density at radius 1 is 1.05 bits per heavy atom. The van der Waals surface area contributed by atoms with Gasteiger partial charge in [-0.3, -0.25) is 0 Å². The van der Waals surface area contributed by atoms with Crippen molar-refractivity contribution >= 4 is 44.4 Å². The lowest BCUT2D eigenvalue weighted by molar-refractivity contribution is 0.998. The Morgan fingerprint density at radius 3 is 2.65 bits per heavy atom. The summed E-state index contributed by atoms with van der Waals surface area (Å²) in [5.41, 5.74) is 13.5. The smallest absolute Gasteiger partial charge is 0.191 e. The molecule has 0 aliphatic rings. The summed E-state index contributed by atoms with van der Waals surface area (Å²) in [5, 5.41) is 1.11. The Labute approximate surface area is 124 Å².